The monoisotopic (exact) mass is 428 g/mol. The number of halogens is 2. The highest BCUT2D eigenvalue weighted by atomic mass is 79.9. The Bertz CT molecular complexity index is 716. The Kier molecular flexibility index (Phi) is 7.28. The zero-order valence-corrected chi connectivity index (χ0v) is 16.4. The van der Waals surface area contributed by atoms with E-state index in [0.29, 0.717) is 29.8 Å². The zero-order valence-electron chi connectivity index (χ0n) is 14.0. The van der Waals surface area contributed by atoms with Crippen LogP contribution in [0.4, 0.5) is 5.69 Å². The van der Waals surface area contributed by atoms with Crippen molar-refractivity contribution in [3.63, 3.8) is 0 Å². The van der Waals surface area contributed by atoms with E-state index in [0.717, 1.165) is 30.4 Å². The highest BCUT2D eigenvalue weighted by Crippen LogP contribution is 2.28. The summed E-state index contributed by atoms with van der Waals surface area (Å²) in [5, 5.41) is 10.7. The van der Waals surface area contributed by atoms with Gasteiger partial charge in [-0.15, -0.1) is 12.4 Å². The third kappa shape index (κ3) is 4.96. The second-order valence-electron chi connectivity index (χ2n) is 5.71. The maximum atomic E-state index is 12.5. The number of carbonyl (C=O) groups is 1. The molecule has 1 unspecified atom stereocenters. The topological polar surface area (TPSA) is 68.2 Å². The van der Waals surface area contributed by atoms with E-state index >= 15 is 0 Å². The lowest BCUT2D eigenvalue weighted by atomic mass is 10.1. The van der Waals surface area contributed by atoms with E-state index in [-0.39, 0.29) is 18.3 Å². The van der Waals surface area contributed by atoms with Crippen LogP contribution in [-0.2, 0) is 0 Å². The predicted molar refractivity (Wildman–Crippen MR) is 104 cm³/mol. The molecule has 1 aromatic heterocycles. The third-order valence-electron chi connectivity index (χ3n) is 3.98. The first-order chi connectivity index (χ1) is 11.7. The van der Waals surface area contributed by atoms with Gasteiger partial charge < -0.3 is 15.4 Å². The van der Waals surface area contributed by atoms with Crippen molar-refractivity contribution < 1.29 is 9.53 Å². The molecule has 136 valence electrons. The van der Waals surface area contributed by atoms with Crippen LogP contribution < -0.4 is 15.4 Å². The Morgan fingerprint density at radius 1 is 1.48 bits per heavy atom. The number of ether oxygens (including phenoxy) is 1. The Morgan fingerprint density at radius 2 is 2.32 bits per heavy atom. The van der Waals surface area contributed by atoms with E-state index < -0.39 is 0 Å². The van der Waals surface area contributed by atoms with Crippen molar-refractivity contribution in [1.82, 2.24) is 15.1 Å². The smallest absolute Gasteiger partial charge is 0.276 e. The fourth-order valence-corrected chi connectivity index (χ4v) is 3.15. The summed E-state index contributed by atoms with van der Waals surface area (Å²) in [6.07, 6.45) is 4.08. The van der Waals surface area contributed by atoms with Gasteiger partial charge in [0.1, 0.15) is 5.75 Å². The van der Waals surface area contributed by atoms with E-state index in [4.69, 9.17) is 4.74 Å². The molecular formula is C17H22BrClN4O2. The first-order valence-corrected chi connectivity index (χ1v) is 8.96. The van der Waals surface area contributed by atoms with Crippen molar-refractivity contribution in [2.24, 2.45) is 0 Å². The molecule has 0 saturated carbocycles. The number of carbonyl (C=O) groups excluding carboxylic acids is 1. The van der Waals surface area contributed by atoms with Gasteiger partial charge in [-0.25, -0.2) is 0 Å². The summed E-state index contributed by atoms with van der Waals surface area (Å²) in [6, 6.07) is 7.60. The molecule has 1 amide bonds. The van der Waals surface area contributed by atoms with E-state index in [9.17, 15) is 4.79 Å². The van der Waals surface area contributed by atoms with Gasteiger partial charge in [-0.2, -0.15) is 5.10 Å². The molecule has 1 saturated heterocycles. The van der Waals surface area contributed by atoms with Gasteiger partial charge in [0, 0.05) is 17.2 Å². The maximum absolute atomic E-state index is 12.5. The summed E-state index contributed by atoms with van der Waals surface area (Å²) in [5.74, 6) is 0.404. The summed E-state index contributed by atoms with van der Waals surface area (Å²) in [7, 11) is 0. The van der Waals surface area contributed by atoms with Crippen LogP contribution in [0.15, 0.2) is 34.9 Å². The molecule has 0 bridgehead atoms. The fourth-order valence-electron chi connectivity index (χ4n) is 2.79. The van der Waals surface area contributed by atoms with E-state index in [1.807, 2.05) is 36.0 Å². The van der Waals surface area contributed by atoms with Crippen LogP contribution in [0.25, 0.3) is 0 Å². The van der Waals surface area contributed by atoms with Crippen molar-refractivity contribution in [1.29, 1.82) is 0 Å². The second-order valence-corrected chi connectivity index (χ2v) is 6.62. The number of benzene rings is 1. The number of nitrogens with zero attached hydrogens (tertiary/aromatic N) is 2. The summed E-state index contributed by atoms with van der Waals surface area (Å²) in [4.78, 5) is 12.5. The number of anilines is 1. The number of aromatic nitrogens is 2. The SMILES string of the molecule is CCOc1ccc(Br)cc1NC(=O)c1ccn(C2CCCNC2)n1.Cl. The van der Waals surface area contributed by atoms with Gasteiger partial charge in [0.15, 0.2) is 5.69 Å². The normalized spacial score (nSPS) is 16.8. The van der Waals surface area contributed by atoms with Gasteiger partial charge in [-0.3, -0.25) is 9.48 Å². The molecule has 0 spiro atoms. The van der Waals surface area contributed by atoms with Crippen molar-refractivity contribution in [3.05, 3.63) is 40.6 Å². The molecular weight excluding hydrogens is 408 g/mol. The molecule has 2 aromatic rings. The number of rotatable bonds is 5. The standard InChI is InChI=1S/C17H21BrN4O2.ClH/c1-2-24-16-6-5-12(18)10-15(16)20-17(23)14-7-9-22(21-14)13-4-3-8-19-11-13;/h5-7,9-10,13,19H,2-4,8,11H2,1H3,(H,20,23);1H. The average molecular weight is 430 g/mol. The minimum Gasteiger partial charge on any atom is -0.492 e. The number of piperidine rings is 1. The van der Waals surface area contributed by atoms with Crippen LogP contribution in [0.2, 0.25) is 0 Å². The van der Waals surface area contributed by atoms with Crippen LogP contribution in [0.5, 0.6) is 5.75 Å². The third-order valence-corrected chi connectivity index (χ3v) is 4.47. The van der Waals surface area contributed by atoms with Crippen molar-refractivity contribution in [3.8, 4) is 5.75 Å². The molecule has 2 N–H and O–H groups in total. The van der Waals surface area contributed by atoms with Crippen molar-refractivity contribution in [2.45, 2.75) is 25.8 Å². The zero-order chi connectivity index (χ0) is 16.9. The molecule has 1 aromatic carbocycles. The maximum Gasteiger partial charge on any atom is 0.276 e. The fraction of sp³-hybridized carbons (Fsp3) is 0.412. The van der Waals surface area contributed by atoms with E-state index in [2.05, 4.69) is 31.7 Å². The summed E-state index contributed by atoms with van der Waals surface area (Å²) in [5.41, 5.74) is 1.04. The van der Waals surface area contributed by atoms with Crippen LogP contribution in [0.3, 0.4) is 0 Å². The molecule has 0 radical (unpaired) electrons. The minimum absolute atomic E-state index is 0. The van der Waals surface area contributed by atoms with Gasteiger partial charge in [0.2, 0.25) is 0 Å². The van der Waals surface area contributed by atoms with Crippen molar-refractivity contribution >= 4 is 39.9 Å². The quantitative estimate of drug-likeness (QED) is 0.761. The molecule has 6 nitrogen and oxygen atoms in total. The van der Waals surface area contributed by atoms with Crippen LogP contribution >= 0.6 is 28.3 Å². The molecule has 25 heavy (non-hydrogen) atoms. The summed E-state index contributed by atoms with van der Waals surface area (Å²) >= 11 is 3.42. The highest BCUT2D eigenvalue weighted by molar-refractivity contribution is 9.10. The highest BCUT2D eigenvalue weighted by Gasteiger charge is 2.18. The lowest BCUT2D eigenvalue weighted by Crippen LogP contribution is -2.32. The van der Waals surface area contributed by atoms with Gasteiger partial charge in [0.05, 0.1) is 18.3 Å². The van der Waals surface area contributed by atoms with Gasteiger partial charge in [-0.05, 0) is 50.6 Å². The molecule has 3 rings (SSSR count). The average Bonchev–Trinajstić information content (AvgIpc) is 3.08. The minimum atomic E-state index is -0.239. The Morgan fingerprint density at radius 3 is 3.04 bits per heavy atom. The molecule has 2 heterocycles. The number of amides is 1. The number of hydrogen-bond donors (Lipinski definition) is 2. The lowest BCUT2D eigenvalue weighted by Gasteiger charge is -2.22. The molecule has 1 aliphatic heterocycles. The Balaban J connectivity index is 0.00000225. The van der Waals surface area contributed by atoms with E-state index in [1.165, 1.54) is 0 Å². The largest absolute Gasteiger partial charge is 0.492 e. The molecule has 1 aliphatic rings. The lowest BCUT2D eigenvalue weighted by molar-refractivity contribution is 0.102. The van der Waals surface area contributed by atoms with Gasteiger partial charge >= 0.3 is 0 Å². The second kappa shape index (κ2) is 9.22. The van der Waals surface area contributed by atoms with Gasteiger partial charge in [-0.1, -0.05) is 15.9 Å². The van der Waals surface area contributed by atoms with Crippen LogP contribution in [-0.4, -0.2) is 35.4 Å². The molecule has 0 aliphatic carbocycles. The first kappa shape index (κ1) is 19.8. The number of hydrogen-bond acceptors (Lipinski definition) is 4. The molecule has 8 heteroatoms. The summed E-state index contributed by atoms with van der Waals surface area (Å²) in [6.45, 7) is 4.39. The van der Waals surface area contributed by atoms with Crippen LogP contribution in [0, 0.1) is 0 Å². The van der Waals surface area contributed by atoms with Crippen molar-refractivity contribution in [2.75, 3.05) is 25.0 Å². The first-order valence-electron chi connectivity index (χ1n) is 8.17. The Labute approximate surface area is 161 Å². The molecule has 1 atom stereocenters. The molecule has 1 fully saturated rings. The van der Waals surface area contributed by atoms with Gasteiger partial charge in [0.25, 0.3) is 5.91 Å². The van der Waals surface area contributed by atoms with E-state index in [1.54, 1.807) is 6.07 Å². The summed E-state index contributed by atoms with van der Waals surface area (Å²) < 4.78 is 8.32. The Hall–Kier alpha value is -1.57. The predicted octanol–water partition coefficient (Wildman–Crippen LogP) is 3.64. The van der Waals surface area contributed by atoms with Crippen LogP contribution in [0.1, 0.15) is 36.3 Å². The number of nitrogens with one attached hydrogen (secondary N) is 2.